The molecule has 1 atom stereocenters. The van der Waals surface area contributed by atoms with Crippen molar-refractivity contribution in [2.24, 2.45) is 0 Å². The largest absolute Gasteiger partial charge is 0.490 e. The molecular formula is C27H30ClN3O3. The molecule has 1 aromatic heterocycles. The average Bonchev–Trinajstić information content (AvgIpc) is 3.39. The van der Waals surface area contributed by atoms with Crippen LogP contribution in [0.5, 0.6) is 11.5 Å². The van der Waals surface area contributed by atoms with Gasteiger partial charge in [-0.25, -0.2) is 0 Å². The summed E-state index contributed by atoms with van der Waals surface area (Å²) in [5.74, 6) is 0.993. The van der Waals surface area contributed by atoms with Gasteiger partial charge in [0.1, 0.15) is 6.61 Å². The van der Waals surface area contributed by atoms with Crippen molar-refractivity contribution >= 4 is 17.5 Å². The van der Waals surface area contributed by atoms with Gasteiger partial charge in [-0.3, -0.25) is 14.7 Å². The highest BCUT2D eigenvalue weighted by molar-refractivity contribution is 6.30. The van der Waals surface area contributed by atoms with Crippen LogP contribution in [0.1, 0.15) is 47.3 Å². The van der Waals surface area contributed by atoms with Gasteiger partial charge in [-0.05, 0) is 74.8 Å². The lowest BCUT2D eigenvalue weighted by Crippen LogP contribution is -2.36. The Kier molecular flexibility index (Phi) is 8.39. The van der Waals surface area contributed by atoms with Gasteiger partial charge in [-0.1, -0.05) is 29.8 Å². The van der Waals surface area contributed by atoms with Crippen LogP contribution in [0.15, 0.2) is 67.0 Å². The number of ether oxygens (including phenoxy) is 2. The van der Waals surface area contributed by atoms with E-state index in [1.54, 1.807) is 30.6 Å². The summed E-state index contributed by atoms with van der Waals surface area (Å²) in [6.07, 6.45) is 5.83. The number of carbonyl (C=O) groups excluding carboxylic acids is 1. The summed E-state index contributed by atoms with van der Waals surface area (Å²) in [5, 5.41) is 3.82. The lowest BCUT2D eigenvalue weighted by Gasteiger charge is -2.28. The molecule has 178 valence electrons. The van der Waals surface area contributed by atoms with E-state index in [0.29, 0.717) is 41.8 Å². The second-order valence-electron chi connectivity index (χ2n) is 8.27. The number of pyridine rings is 1. The van der Waals surface area contributed by atoms with Crippen molar-refractivity contribution in [2.75, 3.05) is 26.2 Å². The Bertz CT molecular complexity index is 1090. The molecule has 0 saturated carbocycles. The second-order valence-corrected chi connectivity index (χ2v) is 8.70. The topological polar surface area (TPSA) is 63.7 Å². The van der Waals surface area contributed by atoms with Crippen molar-refractivity contribution in [3.8, 4) is 11.5 Å². The highest BCUT2D eigenvalue weighted by atomic mass is 35.5. The van der Waals surface area contributed by atoms with Gasteiger partial charge in [0.25, 0.3) is 5.91 Å². The van der Waals surface area contributed by atoms with Crippen LogP contribution < -0.4 is 14.8 Å². The Labute approximate surface area is 205 Å². The summed E-state index contributed by atoms with van der Waals surface area (Å²) in [7, 11) is 0. The quantitative estimate of drug-likeness (QED) is 0.428. The molecule has 1 N–H and O–H groups in total. The lowest BCUT2D eigenvalue weighted by molar-refractivity contribution is 0.0937. The van der Waals surface area contributed by atoms with Gasteiger partial charge in [-0.15, -0.1) is 0 Å². The van der Waals surface area contributed by atoms with Crippen molar-refractivity contribution in [1.29, 1.82) is 0 Å². The van der Waals surface area contributed by atoms with Gasteiger partial charge in [0.05, 0.1) is 12.6 Å². The Morgan fingerprint density at radius 2 is 1.94 bits per heavy atom. The summed E-state index contributed by atoms with van der Waals surface area (Å²) in [5.41, 5.74) is 2.60. The molecule has 1 amide bonds. The van der Waals surface area contributed by atoms with Crippen LogP contribution in [0.3, 0.4) is 0 Å². The molecule has 0 bridgehead atoms. The number of carbonyl (C=O) groups is 1. The predicted octanol–water partition coefficient (Wildman–Crippen LogP) is 5.28. The van der Waals surface area contributed by atoms with Crippen LogP contribution in [0, 0.1) is 0 Å². The van der Waals surface area contributed by atoms with Gasteiger partial charge in [0.15, 0.2) is 11.5 Å². The third-order valence-corrected chi connectivity index (χ3v) is 6.13. The molecule has 6 nitrogen and oxygen atoms in total. The van der Waals surface area contributed by atoms with Crippen molar-refractivity contribution < 1.29 is 14.3 Å². The van der Waals surface area contributed by atoms with E-state index >= 15 is 0 Å². The van der Waals surface area contributed by atoms with Crippen LogP contribution >= 0.6 is 11.6 Å². The zero-order chi connectivity index (χ0) is 23.8. The van der Waals surface area contributed by atoms with Crippen LogP contribution in [-0.2, 0) is 6.61 Å². The molecule has 1 fully saturated rings. The Morgan fingerprint density at radius 3 is 2.68 bits per heavy atom. The number of likely N-dealkylation sites (tertiary alicyclic amines) is 1. The Morgan fingerprint density at radius 1 is 1.09 bits per heavy atom. The maximum absolute atomic E-state index is 13.0. The van der Waals surface area contributed by atoms with Crippen LogP contribution in [0.4, 0.5) is 0 Å². The first kappa shape index (κ1) is 24.0. The summed E-state index contributed by atoms with van der Waals surface area (Å²) in [4.78, 5) is 19.6. The van der Waals surface area contributed by atoms with Crippen molar-refractivity contribution in [1.82, 2.24) is 15.2 Å². The minimum absolute atomic E-state index is 0.0820. The fourth-order valence-electron chi connectivity index (χ4n) is 4.20. The molecule has 1 unspecified atom stereocenters. The number of halogens is 1. The number of amides is 1. The second kappa shape index (κ2) is 11.9. The molecule has 0 radical (unpaired) electrons. The smallest absolute Gasteiger partial charge is 0.251 e. The van der Waals surface area contributed by atoms with Gasteiger partial charge in [0.2, 0.25) is 0 Å². The minimum atomic E-state index is -0.147. The number of hydrogen-bond donors (Lipinski definition) is 1. The van der Waals surface area contributed by atoms with E-state index in [4.69, 9.17) is 21.1 Å². The maximum Gasteiger partial charge on any atom is 0.251 e. The molecule has 1 aliphatic heterocycles. The number of hydrogen-bond acceptors (Lipinski definition) is 5. The van der Waals surface area contributed by atoms with Gasteiger partial charge < -0.3 is 14.8 Å². The number of aromatic nitrogens is 1. The molecule has 2 heterocycles. The molecule has 34 heavy (non-hydrogen) atoms. The van der Waals surface area contributed by atoms with E-state index in [1.165, 1.54) is 12.8 Å². The van der Waals surface area contributed by atoms with Gasteiger partial charge in [-0.2, -0.15) is 0 Å². The molecule has 2 aromatic carbocycles. The van der Waals surface area contributed by atoms with Crippen molar-refractivity contribution in [2.45, 2.75) is 32.4 Å². The standard InChI is InChI=1S/C27H30ClN3O3/c1-2-33-26-16-22(10-11-25(26)34-19-20-7-6-12-29-17-20)27(32)30-18-24(31-13-3-4-14-31)21-8-5-9-23(28)15-21/h5-12,15-17,24H,2-4,13-14,18-19H2,1H3,(H,30,32). The van der Waals surface area contributed by atoms with Crippen LogP contribution in [-0.4, -0.2) is 42.0 Å². The maximum atomic E-state index is 13.0. The monoisotopic (exact) mass is 479 g/mol. The van der Waals surface area contributed by atoms with Crippen LogP contribution in [0.2, 0.25) is 5.02 Å². The van der Waals surface area contributed by atoms with Gasteiger partial charge in [0, 0.05) is 35.1 Å². The summed E-state index contributed by atoms with van der Waals surface area (Å²) < 4.78 is 11.7. The zero-order valence-corrected chi connectivity index (χ0v) is 20.1. The van der Waals surface area contributed by atoms with Crippen LogP contribution in [0.25, 0.3) is 0 Å². The average molecular weight is 480 g/mol. The third-order valence-electron chi connectivity index (χ3n) is 5.89. The summed E-state index contributed by atoms with van der Waals surface area (Å²) >= 11 is 6.25. The predicted molar refractivity (Wildman–Crippen MR) is 134 cm³/mol. The molecule has 0 spiro atoms. The SMILES string of the molecule is CCOc1cc(C(=O)NCC(c2cccc(Cl)c2)N2CCCC2)ccc1OCc1cccnc1. The number of benzene rings is 2. The fraction of sp³-hybridized carbons (Fsp3) is 0.333. The number of nitrogens with one attached hydrogen (secondary N) is 1. The van der Waals surface area contributed by atoms with E-state index in [0.717, 1.165) is 24.2 Å². The summed E-state index contributed by atoms with van der Waals surface area (Å²) in [6, 6.07) is 17.1. The lowest BCUT2D eigenvalue weighted by atomic mass is 10.1. The van der Waals surface area contributed by atoms with E-state index < -0.39 is 0 Å². The molecule has 0 aliphatic carbocycles. The summed E-state index contributed by atoms with van der Waals surface area (Å²) in [6.45, 7) is 5.29. The molecule has 1 aliphatic rings. The highest BCUT2D eigenvalue weighted by Crippen LogP contribution is 2.30. The highest BCUT2D eigenvalue weighted by Gasteiger charge is 2.24. The number of nitrogens with zero attached hydrogens (tertiary/aromatic N) is 2. The molecule has 7 heteroatoms. The van der Waals surface area contributed by atoms with E-state index in [2.05, 4.69) is 21.3 Å². The molecule has 1 saturated heterocycles. The van der Waals surface area contributed by atoms with Crippen molar-refractivity contribution in [3.63, 3.8) is 0 Å². The number of rotatable bonds is 10. The van der Waals surface area contributed by atoms with E-state index in [-0.39, 0.29) is 11.9 Å². The van der Waals surface area contributed by atoms with Gasteiger partial charge >= 0.3 is 0 Å². The molecular weight excluding hydrogens is 450 g/mol. The molecule has 4 rings (SSSR count). The fourth-order valence-corrected chi connectivity index (χ4v) is 4.40. The normalized spacial score (nSPS) is 14.5. The van der Waals surface area contributed by atoms with Crippen molar-refractivity contribution in [3.05, 3.63) is 88.7 Å². The third kappa shape index (κ3) is 6.27. The molecule has 3 aromatic rings. The van der Waals surface area contributed by atoms with E-state index in [9.17, 15) is 4.79 Å². The minimum Gasteiger partial charge on any atom is -0.490 e. The van der Waals surface area contributed by atoms with E-state index in [1.807, 2.05) is 37.3 Å². The first-order chi connectivity index (χ1) is 16.6. The zero-order valence-electron chi connectivity index (χ0n) is 19.4. The first-order valence-corrected chi connectivity index (χ1v) is 12.1. The Hall–Kier alpha value is -3.09. The Balaban J connectivity index is 1.45. The first-order valence-electron chi connectivity index (χ1n) is 11.7.